The Morgan fingerprint density at radius 3 is 2.46 bits per heavy atom. The molecule has 24 heavy (non-hydrogen) atoms. The fraction of sp³-hybridized carbons (Fsp3) is 0.176. The molecule has 2 N–H and O–H groups in total. The molecule has 0 heterocycles. The van der Waals surface area contributed by atoms with Gasteiger partial charge in [0.2, 0.25) is 0 Å². The van der Waals surface area contributed by atoms with Crippen LogP contribution in [0.25, 0.3) is 0 Å². The lowest BCUT2D eigenvalue weighted by Gasteiger charge is -2.09. The van der Waals surface area contributed by atoms with E-state index in [4.69, 9.17) is 11.6 Å². The van der Waals surface area contributed by atoms with Crippen LogP contribution in [-0.2, 0) is 0 Å². The lowest BCUT2D eigenvalue weighted by molar-refractivity contribution is 0.0949. The normalized spacial score (nSPS) is 13.5. The number of carbonyl (C=O) groups is 2. The third-order valence-corrected chi connectivity index (χ3v) is 3.86. The molecule has 2 aromatic rings. The molecule has 0 atom stereocenters. The van der Waals surface area contributed by atoms with E-state index in [0.717, 1.165) is 25.0 Å². The van der Waals surface area contributed by atoms with Crippen LogP contribution in [0.3, 0.4) is 0 Å². The smallest absolute Gasteiger partial charge is 0.257 e. The molecule has 3 rings (SSSR count). The minimum absolute atomic E-state index is 0.191. The first-order valence-corrected chi connectivity index (χ1v) is 7.68. The highest BCUT2D eigenvalue weighted by Gasteiger charge is 2.24. The van der Waals surface area contributed by atoms with Gasteiger partial charge in [-0.1, -0.05) is 17.7 Å². The standard InChI is InChI=1S/C17H13ClF2N2O2/c18-13-8-15(20)14(19)7-12(13)17(24)22-11-3-1-2-9(6-11)16(23)21-10-4-5-10/h1-3,6-8,10H,4-5H2,(H,21,23)(H,22,24). The lowest BCUT2D eigenvalue weighted by atomic mass is 10.1. The molecule has 2 aromatic carbocycles. The topological polar surface area (TPSA) is 58.2 Å². The van der Waals surface area contributed by atoms with Crippen LogP contribution in [0.15, 0.2) is 36.4 Å². The molecular formula is C17H13ClF2N2O2. The average molecular weight is 351 g/mol. The van der Waals surface area contributed by atoms with Gasteiger partial charge in [-0.2, -0.15) is 0 Å². The fourth-order valence-electron chi connectivity index (χ4n) is 2.13. The van der Waals surface area contributed by atoms with E-state index >= 15 is 0 Å². The van der Waals surface area contributed by atoms with E-state index in [1.165, 1.54) is 6.07 Å². The van der Waals surface area contributed by atoms with Crippen molar-refractivity contribution in [1.29, 1.82) is 0 Å². The zero-order chi connectivity index (χ0) is 17.3. The monoisotopic (exact) mass is 350 g/mol. The van der Waals surface area contributed by atoms with E-state index in [1.54, 1.807) is 18.2 Å². The number of benzene rings is 2. The van der Waals surface area contributed by atoms with Crippen molar-refractivity contribution in [3.8, 4) is 0 Å². The van der Waals surface area contributed by atoms with Gasteiger partial charge in [-0.05, 0) is 43.2 Å². The van der Waals surface area contributed by atoms with Crippen LogP contribution in [0.5, 0.6) is 0 Å². The average Bonchev–Trinajstić information content (AvgIpc) is 3.35. The first kappa shape index (κ1) is 16.4. The second-order valence-electron chi connectivity index (χ2n) is 5.53. The van der Waals surface area contributed by atoms with Gasteiger partial charge < -0.3 is 10.6 Å². The number of nitrogens with one attached hydrogen (secondary N) is 2. The molecule has 1 aliphatic carbocycles. The quantitative estimate of drug-likeness (QED) is 0.825. The summed E-state index contributed by atoms with van der Waals surface area (Å²) < 4.78 is 26.4. The summed E-state index contributed by atoms with van der Waals surface area (Å²) in [5.41, 5.74) is 0.559. The highest BCUT2D eigenvalue weighted by Crippen LogP contribution is 2.22. The predicted octanol–water partition coefficient (Wildman–Crippen LogP) is 3.76. The van der Waals surface area contributed by atoms with E-state index in [9.17, 15) is 18.4 Å². The summed E-state index contributed by atoms with van der Waals surface area (Å²) in [6.45, 7) is 0. The summed E-state index contributed by atoms with van der Waals surface area (Å²) in [4.78, 5) is 24.2. The molecule has 1 saturated carbocycles. The Labute approximate surface area is 141 Å². The van der Waals surface area contributed by atoms with Crippen molar-refractivity contribution in [1.82, 2.24) is 5.32 Å². The van der Waals surface area contributed by atoms with Gasteiger partial charge in [0.15, 0.2) is 11.6 Å². The number of hydrogen-bond donors (Lipinski definition) is 2. The number of halogens is 3. The first-order chi connectivity index (χ1) is 11.4. The summed E-state index contributed by atoms with van der Waals surface area (Å²) in [7, 11) is 0. The van der Waals surface area contributed by atoms with Crippen molar-refractivity contribution in [2.24, 2.45) is 0 Å². The molecule has 0 aliphatic heterocycles. The van der Waals surface area contributed by atoms with E-state index in [0.29, 0.717) is 11.3 Å². The van der Waals surface area contributed by atoms with Crippen LogP contribution in [0, 0.1) is 11.6 Å². The van der Waals surface area contributed by atoms with Crippen molar-refractivity contribution >= 4 is 29.1 Å². The van der Waals surface area contributed by atoms with Gasteiger partial charge in [0.05, 0.1) is 10.6 Å². The van der Waals surface area contributed by atoms with Crippen molar-refractivity contribution < 1.29 is 18.4 Å². The number of anilines is 1. The number of hydrogen-bond acceptors (Lipinski definition) is 2. The zero-order valence-electron chi connectivity index (χ0n) is 12.4. The second-order valence-corrected chi connectivity index (χ2v) is 5.94. The summed E-state index contributed by atoms with van der Waals surface area (Å²) in [5, 5.41) is 5.16. The SMILES string of the molecule is O=C(NC1CC1)c1cccc(NC(=O)c2cc(F)c(F)cc2Cl)c1. The van der Waals surface area contributed by atoms with Gasteiger partial charge in [-0.25, -0.2) is 8.78 Å². The van der Waals surface area contributed by atoms with Gasteiger partial charge in [0, 0.05) is 17.3 Å². The van der Waals surface area contributed by atoms with Crippen LogP contribution in [0.4, 0.5) is 14.5 Å². The Morgan fingerprint density at radius 2 is 1.75 bits per heavy atom. The van der Waals surface area contributed by atoms with Gasteiger partial charge in [0.25, 0.3) is 11.8 Å². The summed E-state index contributed by atoms with van der Waals surface area (Å²) in [6, 6.07) is 8.02. The van der Waals surface area contributed by atoms with Crippen molar-refractivity contribution in [2.75, 3.05) is 5.32 Å². The Balaban J connectivity index is 1.77. The molecule has 0 bridgehead atoms. The van der Waals surface area contributed by atoms with Gasteiger partial charge in [-0.3, -0.25) is 9.59 Å². The molecule has 2 amide bonds. The van der Waals surface area contributed by atoms with E-state index in [-0.39, 0.29) is 22.5 Å². The molecule has 124 valence electrons. The molecule has 7 heteroatoms. The fourth-order valence-corrected chi connectivity index (χ4v) is 2.37. The van der Waals surface area contributed by atoms with Crippen LogP contribution >= 0.6 is 11.6 Å². The molecular weight excluding hydrogens is 338 g/mol. The Bertz CT molecular complexity index is 822. The van der Waals surface area contributed by atoms with Crippen molar-refractivity contribution in [3.63, 3.8) is 0 Å². The lowest BCUT2D eigenvalue weighted by Crippen LogP contribution is -2.25. The highest BCUT2D eigenvalue weighted by molar-refractivity contribution is 6.34. The van der Waals surface area contributed by atoms with Crippen molar-refractivity contribution in [2.45, 2.75) is 18.9 Å². The molecule has 0 unspecified atom stereocenters. The Hall–Kier alpha value is -2.47. The van der Waals surface area contributed by atoms with Gasteiger partial charge in [-0.15, -0.1) is 0 Å². The molecule has 0 radical (unpaired) electrons. The van der Waals surface area contributed by atoms with Crippen LogP contribution in [-0.4, -0.2) is 17.9 Å². The maximum absolute atomic E-state index is 13.3. The number of rotatable bonds is 4. The second kappa shape index (κ2) is 6.57. The Morgan fingerprint density at radius 1 is 1.04 bits per heavy atom. The maximum atomic E-state index is 13.3. The third-order valence-electron chi connectivity index (χ3n) is 3.55. The van der Waals surface area contributed by atoms with Crippen molar-refractivity contribution in [3.05, 3.63) is 64.2 Å². The minimum Gasteiger partial charge on any atom is -0.349 e. The molecule has 4 nitrogen and oxygen atoms in total. The van der Waals surface area contributed by atoms with Gasteiger partial charge >= 0.3 is 0 Å². The van der Waals surface area contributed by atoms with E-state index in [2.05, 4.69) is 10.6 Å². The first-order valence-electron chi connectivity index (χ1n) is 7.31. The largest absolute Gasteiger partial charge is 0.349 e. The number of amides is 2. The molecule has 1 fully saturated rings. The Kier molecular flexibility index (Phi) is 4.49. The minimum atomic E-state index is -1.16. The van der Waals surface area contributed by atoms with Crippen LogP contribution < -0.4 is 10.6 Å². The predicted molar refractivity (Wildman–Crippen MR) is 86.3 cm³/mol. The third kappa shape index (κ3) is 3.71. The molecule has 0 aromatic heterocycles. The molecule has 1 aliphatic rings. The number of carbonyl (C=O) groups excluding carboxylic acids is 2. The van der Waals surface area contributed by atoms with Crippen LogP contribution in [0.1, 0.15) is 33.6 Å². The van der Waals surface area contributed by atoms with Crippen LogP contribution in [0.2, 0.25) is 5.02 Å². The summed E-state index contributed by atoms with van der Waals surface area (Å²) in [6.07, 6.45) is 1.94. The zero-order valence-corrected chi connectivity index (χ0v) is 13.2. The van der Waals surface area contributed by atoms with E-state index < -0.39 is 17.5 Å². The van der Waals surface area contributed by atoms with Gasteiger partial charge in [0.1, 0.15) is 0 Å². The highest BCUT2D eigenvalue weighted by atomic mass is 35.5. The summed E-state index contributed by atoms with van der Waals surface area (Å²) >= 11 is 5.78. The maximum Gasteiger partial charge on any atom is 0.257 e. The summed E-state index contributed by atoms with van der Waals surface area (Å²) in [5.74, 6) is -3.21. The van der Waals surface area contributed by atoms with E-state index in [1.807, 2.05) is 0 Å². The molecule has 0 spiro atoms. The molecule has 0 saturated heterocycles.